The van der Waals surface area contributed by atoms with E-state index in [-0.39, 0.29) is 17.8 Å². The molecule has 0 aliphatic rings. The summed E-state index contributed by atoms with van der Waals surface area (Å²) in [5.41, 5.74) is -0.133. The molecule has 0 spiro atoms. The van der Waals surface area contributed by atoms with Gasteiger partial charge >= 0.3 is 0 Å². The van der Waals surface area contributed by atoms with Crippen molar-refractivity contribution in [1.29, 1.82) is 0 Å². The number of aliphatic hydroxyl groups is 1. The van der Waals surface area contributed by atoms with E-state index in [4.69, 9.17) is 0 Å². The molecule has 2 aromatic carbocycles. The normalized spacial score (nSPS) is 13.2. The summed E-state index contributed by atoms with van der Waals surface area (Å²) in [7, 11) is 0. The molecule has 0 fully saturated rings. The molecule has 0 saturated heterocycles. The Labute approximate surface area is 133 Å². The lowest BCUT2D eigenvalue weighted by Gasteiger charge is -2.24. The summed E-state index contributed by atoms with van der Waals surface area (Å²) >= 11 is 0. The van der Waals surface area contributed by atoms with E-state index in [1.165, 1.54) is 25.1 Å². The van der Waals surface area contributed by atoms with Gasteiger partial charge in [-0.25, -0.2) is 0 Å². The van der Waals surface area contributed by atoms with Crippen LogP contribution in [0.25, 0.3) is 0 Å². The van der Waals surface area contributed by atoms with Crippen molar-refractivity contribution in [2.75, 3.05) is 6.54 Å². The number of carbonyl (C=O) groups excluding carboxylic acids is 1. The Morgan fingerprint density at radius 3 is 2.48 bits per heavy atom. The molecule has 2 rings (SSSR count). The van der Waals surface area contributed by atoms with Crippen LogP contribution in [0.3, 0.4) is 0 Å². The third kappa shape index (κ3) is 3.73. The predicted molar refractivity (Wildman–Crippen MR) is 86.2 cm³/mol. The first-order valence-corrected chi connectivity index (χ1v) is 7.13. The largest absolute Gasteiger partial charge is 0.384 e. The maximum atomic E-state index is 12.3. The molecule has 2 N–H and O–H groups in total. The fourth-order valence-corrected chi connectivity index (χ4v) is 2.31. The third-order valence-corrected chi connectivity index (χ3v) is 3.74. The molecule has 1 unspecified atom stereocenters. The van der Waals surface area contributed by atoms with Gasteiger partial charge in [0.15, 0.2) is 0 Å². The highest BCUT2D eigenvalue weighted by molar-refractivity contribution is 5.96. The van der Waals surface area contributed by atoms with Gasteiger partial charge in [0.1, 0.15) is 5.60 Å². The van der Waals surface area contributed by atoms with E-state index in [2.05, 4.69) is 5.32 Å². The van der Waals surface area contributed by atoms with Gasteiger partial charge in [0.05, 0.1) is 11.5 Å². The molecule has 0 aliphatic heterocycles. The minimum Gasteiger partial charge on any atom is -0.384 e. The lowest BCUT2D eigenvalue weighted by Crippen LogP contribution is -2.38. The van der Waals surface area contributed by atoms with Gasteiger partial charge in [0.25, 0.3) is 11.6 Å². The molecule has 1 atom stereocenters. The second kappa shape index (κ2) is 6.58. The van der Waals surface area contributed by atoms with Crippen LogP contribution in [0.4, 0.5) is 5.69 Å². The van der Waals surface area contributed by atoms with Crippen LogP contribution in [-0.2, 0) is 5.60 Å². The highest BCUT2D eigenvalue weighted by Crippen LogP contribution is 2.22. The minimum atomic E-state index is -1.23. The first-order valence-electron chi connectivity index (χ1n) is 7.13. The van der Waals surface area contributed by atoms with E-state index in [1.807, 2.05) is 6.07 Å². The first-order chi connectivity index (χ1) is 10.8. The van der Waals surface area contributed by atoms with Gasteiger partial charge in [-0.05, 0) is 25.5 Å². The number of carbonyl (C=O) groups is 1. The average molecular weight is 314 g/mol. The minimum absolute atomic E-state index is 0.00201. The molecule has 1 amide bonds. The van der Waals surface area contributed by atoms with Crippen LogP contribution in [-0.4, -0.2) is 22.5 Å². The van der Waals surface area contributed by atoms with Gasteiger partial charge in [-0.3, -0.25) is 14.9 Å². The van der Waals surface area contributed by atoms with Crippen molar-refractivity contribution in [2.45, 2.75) is 19.4 Å². The molecular weight excluding hydrogens is 296 g/mol. The maximum absolute atomic E-state index is 12.3. The molecule has 120 valence electrons. The molecule has 23 heavy (non-hydrogen) atoms. The van der Waals surface area contributed by atoms with Gasteiger partial charge in [-0.2, -0.15) is 0 Å². The summed E-state index contributed by atoms with van der Waals surface area (Å²) < 4.78 is 0. The molecule has 0 heterocycles. The van der Waals surface area contributed by atoms with E-state index in [9.17, 15) is 20.0 Å². The Balaban J connectivity index is 2.14. The van der Waals surface area contributed by atoms with E-state index < -0.39 is 16.4 Å². The van der Waals surface area contributed by atoms with E-state index in [0.717, 1.165) is 0 Å². The van der Waals surface area contributed by atoms with Crippen molar-refractivity contribution in [3.63, 3.8) is 0 Å². The van der Waals surface area contributed by atoms with Gasteiger partial charge in [0.2, 0.25) is 0 Å². The lowest BCUT2D eigenvalue weighted by molar-refractivity contribution is -0.385. The van der Waals surface area contributed by atoms with Crippen LogP contribution >= 0.6 is 0 Å². The topological polar surface area (TPSA) is 92.5 Å². The van der Waals surface area contributed by atoms with E-state index >= 15 is 0 Å². The molecule has 0 aliphatic carbocycles. The highest BCUT2D eigenvalue weighted by atomic mass is 16.6. The lowest BCUT2D eigenvalue weighted by atomic mass is 9.96. The zero-order valence-corrected chi connectivity index (χ0v) is 12.9. The van der Waals surface area contributed by atoms with E-state index in [0.29, 0.717) is 11.1 Å². The highest BCUT2D eigenvalue weighted by Gasteiger charge is 2.25. The number of nitro benzene ring substituents is 1. The van der Waals surface area contributed by atoms with Gasteiger partial charge in [-0.15, -0.1) is 0 Å². The standard InChI is InChI=1S/C17H18N2O4/c1-12-14(9-6-10-15(12)19(22)23)16(20)18-11-17(2,21)13-7-4-3-5-8-13/h3-10,21H,11H2,1-2H3,(H,18,20). The number of benzene rings is 2. The second-order valence-corrected chi connectivity index (χ2v) is 5.53. The predicted octanol–water partition coefficient (Wildman–Crippen LogP) is 2.54. The number of nitro groups is 1. The zero-order valence-electron chi connectivity index (χ0n) is 12.9. The summed E-state index contributed by atoms with van der Waals surface area (Å²) in [6, 6.07) is 13.3. The smallest absolute Gasteiger partial charge is 0.273 e. The van der Waals surface area contributed by atoms with Crippen molar-refractivity contribution in [1.82, 2.24) is 5.32 Å². The van der Waals surface area contributed by atoms with Crippen molar-refractivity contribution >= 4 is 11.6 Å². The Kier molecular flexibility index (Phi) is 4.76. The quantitative estimate of drug-likeness (QED) is 0.655. The summed E-state index contributed by atoms with van der Waals surface area (Å²) in [6.45, 7) is 3.13. The van der Waals surface area contributed by atoms with E-state index in [1.54, 1.807) is 31.2 Å². The van der Waals surface area contributed by atoms with Crippen molar-refractivity contribution < 1.29 is 14.8 Å². The van der Waals surface area contributed by atoms with Crippen LogP contribution in [0.1, 0.15) is 28.4 Å². The fourth-order valence-electron chi connectivity index (χ4n) is 2.31. The Morgan fingerprint density at radius 2 is 1.87 bits per heavy atom. The first kappa shape index (κ1) is 16.6. The monoisotopic (exact) mass is 314 g/mol. The summed E-state index contributed by atoms with van der Waals surface area (Å²) in [5.74, 6) is -0.456. The van der Waals surface area contributed by atoms with Crippen LogP contribution in [0, 0.1) is 17.0 Å². The van der Waals surface area contributed by atoms with Crippen molar-refractivity contribution in [2.24, 2.45) is 0 Å². The number of hydrogen-bond acceptors (Lipinski definition) is 4. The Hall–Kier alpha value is -2.73. The molecule has 0 radical (unpaired) electrons. The SMILES string of the molecule is Cc1c(C(=O)NCC(C)(O)c2ccccc2)cccc1[N+](=O)[O-]. The molecule has 6 nitrogen and oxygen atoms in total. The summed E-state index contributed by atoms with van der Waals surface area (Å²) in [4.78, 5) is 22.7. The average Bonchev–Trinajstić information content (AvgIpc) is 2.53. The Bertz CT molecular complexity index is 727. The molecular formula is C17H18N2O4. The molecule has 2 aromatic rings. The summed E-state index contributed by atoms with van der Waals surface area (Å²) in [6.07, 6.45) is 0. The Morgan fingerprint density at radius 1 is 1.22 bits per heavy atom. The molecule has 0 bridgehead atoms. The van der Waals surface area contributed by atoms with Crippen LogP contribution < -0.4 is 5.32 Å². The fraction of sp³-hybridized carbons (Fsp3) is 0.235. The van der Waals surface area contributed by atoms with Crippen molar-refractivity contribution in [3.8, 4) is 0 Å². The van der Waals surface area contributed by atoms with Crippen LogP contribution in [0.2, 0.25) is 0 Å². The van der Waals surface area contributed by atoms with Crippen LogP contribution in [0.5, 0.6) is 0 Å². The zero-order chi connectivity index (χ0) is 17.0. The molecule has 0 saturated carbocycles. The summed E-state index contributed by atoms with van der Waals surface area (Å²) in [5, 5.41) is 24.0. The maximum Gasteiger partial charge on any atom is 0.273 e. The number of nitrogens with one attached hydrogen (secondary N) is 1. The molecule has 6 heteroatoms. The number of nitrogens with zero attached hydrogens (tertiary/aromatic N) is 1. The number of rotatable bonds is 5. The third-order valence-electron chi connectivity index (χ3n) is 3.74. The second-order valence-electron chi connectivity index (χ2n) is 5.53. The molecule has 0 aromatic heterocycles. The van der Waals surface area contributed by atoms with Gasteiger partial charge < -0.3 is 10.4 Å². The van der Waals surface area contributed by atoms with Crippen molar-refractivity contribution in [3.05, 3.63) is 75.3 Å². The van der Waals surface area contributed by atoms with Gasteiger partial charge in [-0.1, -0.05) is 36.4 Å². The van der Waals surface area contributed by atoms with Gasteiger partial charge in [0, 0.05) is 17.2 Å². The number of amides is 1. The van der Waals surface area contributed by atoms with Crippen LogP contribution in [0.15, 0.2) is 48.5 Å². The number of hydrogen-bond donors (Lipinski definition) is 2.